The summed E-state index contributed by atoms with van der Waals surface area (Å²) < 4.78 is 3.02. The zero-order valence-electron chi connectivity index (χ0n) is 11.6. The summed E-state index contributed by atoms with van der Waals surface area (Å²) in [4.78, 5) is 46.7. The van der Waals surface area contributed by atoms with Crippen LogP contribution >= 0.6 is 0 Å². The maximum absolute atomic E-state index is 12.1. The molecule has 0 radical (unpaired) electrons. The number of hydrogen-bond donors (Lipinski definition) is 2. The van der Waals surface area contributed by atoms with Gasteiger partial charge in [-0.15, -0.1) is 0 Å². The number of hydrogen-bond acceptors (Lipinski definition) is 4. The maximum atomic E-state index is 12.1. The van der Waals surface area contributed by atoms with Gasteiger partial charge in [0.1, 0.15) is 5.69 Å². The van der Waals surface area contributed by atoms with Crippen molar-refractivity contribution >= 4 is 11.8 Å². The predicted octanol–water partition coefficient (Wildman–Crippen LogP) is -1.99. The summed E-state index contributed by atoms with van der Waals surface area (Å²) in [5.74, 6) is -1.11. The first kappa shape index (κ1) is 14.6. The van der Waals surface area contributed by atoms with Crippen LogP contribution in [-0.2, 0) is 11.8 Å². The Labute approximate surface area is 118 Å². The molecule has 0 atom stereocenters. The van der Waals surface area contributed by atoms with Gasteiger partial charge >= 0.3 is 11.4 Å². The van der Waals surface area contributed by atoms with Crippen molar-refractivity contribution in [3.8, 4) is 0 Å². The van der Waals surface area contributed by atoms with Crippen molar-refractivity contribution in [1.82, 2.24) is 18.9 Å². The largest absolute Gasteiger partial charge is 0.370 e. The highest BCUT2D eigenvalue weighted by Crippen LogP contribution is 2.00. The van der Waals surface area contributed by atoms with Crippen molar-refractivity contribution in [3.05, 3.63) is 44.5 Å². The van der Waals surface area contributed by atoms with Crippen LogP contribution in [0.25, 0.3) is 0 Å². The first-order valence-electron chi connectivity index (χ1n) is 6.21. The molecule has 21 heavy (non-hydrogen) atoms. The summed E-state index contributed by atoms with van der Waals surface area (Å²) in [7, 11) is 1.33. The first-order chi connectivity index (χ1) is 9.84. The van der Waals surface area contributed by atoms with E-state index in [0.29, 0.717) is 5.69 Å². The van der Waals surface area contributed by atoms with Gasteiger partial charge in [-0.05, 0) is 19.1 Å². The van der Waals surface area contributed by atoms with Gasteiger partial charge in [-0.3, -0.25) is 9.59 Å². The van der Waals surface area contributed by atoms with Gasteiger partial charge in [0.25, 0.3) is 5.91 Å². The third-order valence-electron chi connectivity index (χ3n) is 3.07. The standard InChI is InChI=1S/C12H15N5O4/c1-7-3-4-8(10(19)14-6-5-9(13)18)17-12(21)15(2)11(20)16(7)17/h3-4H,5-6H2,1-2H3,(H2,13,18)(H,14,19). The second-order valence-corrected chi connectivity index (χ2v) is 4.58. The Morgan fingerprint density at radius 3 is 2.43 bits per heavy atom. The van der Waals surface area contributed by atoms with Crippen LogP contribution in [0.3, 0.4) is 0 Å². The molecule has 0 spiro atoms. The van der Waals surface area contributed by atoms with Crippen molar-refractivity contribution in [2.75, 3.05) is 6.54 Å². The number of nitrogens with one attached hydrogen (secondary N) is 1. The fourth-order valence-corrected chi connectivity index (χ4v) is 1.96. The maximum Gasteiger partial charge on any atom is 0.352 e. The Morgan fingerprint density at radius 2 is 1.81 bits per heavy atom. The minimum atomic E-state index is -0.622. The molecular formula is C12H15N5O4. The molecule has 0 aliphatic heterocycles. The molecule has 2 rings (SSSR count). The van der Waals surface area contributed by atoms with E-state index in [1.165, 1.54) is 13.1 Å². The lowest BCUT2D eigenvalue weighted by Crippen LogP contribution is -2.32. The fourth-order valence-electron chi connectivity index (χ4n) is 1.96. The highest BCUT2D eigenvalue weighted by Gasteiger charge is 2.17. The van der Waals surface area contributed by atoms with Crippen molar-refractivity contribution in [2.45, 2.75) is 13.3 Å². The molecule has 0 aliphatic rings. The summed E-state index contributed by atoms with van der Waals surface area (Å²) in [6.07, 6.45) is -0.00954. The number of aryl methyl sites for hydroxylation is 1. The average Bonchev–Trinajstić information content (AvgIpc) is 2.64. The zero-order valence-corrected chi connectivity index (χ0v) is 11.6. The number of fused-ring (bicyclic) bond motifs is 1. The Balaban J connectivity index is 2.51. The molecule has 2 aromatic heterocycles. The van der Waals surface area contributed by atoms with Gasteiger partial charge in [-0.25, -0.2) is 14.2 Å². The lowest BCUT2D eigenvalue weighted by molar-refractivity contribution is -0.117. The van der Waals surface area contributed by atoms with Gasteiger partial charge in [-0.1, -0.05) is 0 Å². The van der Waals surface area contributed by atoms with Crippen LogP contribution < -0.4 is 22.4 Å². The molecule has 0 unspecified atom stereocenters. The second kappa shape index (κ2) is 5.27. The van der Waals surface area contributed by atoms with Crippen molar-refractivity contribution in [2.24, 2.45) is 12.8 Å². The molecular weight excluding hydrogens is 278 g/mol. The van der Waals surface area contributed by atoms with Crippen LogP contribution in [-0.4, -0.2) is 32.0 Å². The van der Waals surface area contributed by atoms with E-state index in [1.54, 1.807) is 13.0 Å². The van der Waals surface area contributed by atoms with Crippen LogP contribution in [0.5, 0.6) is 0 Å². The number of carbonyl (C=O) groups is 2. The molecule has 0 fully saturated rings. The minimum Gasteiger partial charge on any atom is -0.370 e. The molecule has 0 saturated heterocycles. The van der Waals surface area contributed by atoms with Gasteiger partial charge in [0.05, 0.1) is 0 Å². The first-order valence-corrected chi connectivity index (χ1v) is 6.21. The van der Waals surface area contributed by atoms with Gasteiger partial charge in [0.15, 0.2) is 0 Å². The zero-order chi connectivity index (χ0) is 15.7. The third kappa shape index (κ3) is 2.45. The molecule has 0 aromatic carbocycles. The number of nitrogens with zero attached hydrogens (tertiary/aromatic N) is 3. The van der Waals surface area contributed by atoms with Crippen LogP contribution in [0, 0.1) is 6.92 Å². The van der Waals surface area contributed by atoms with Crippen LogP contribution in [0.4, 0.5) is 0 Å². The van der Waals surface area contributed by atoms with Crippen LogP contribution in [0.1, 0.15) is 22.6 Å². The van der Waals surface area contributed by atoms with E-state index in [4.69, 9.17) is 5.73 Å². The molecule has 3 N–H and O–H groups in total. The molecule has 9 heteroatoms. The second-order valence-electron chi connectivity index (χ2n) is 4.58. The summed E-state index contributed by atoms with van der Waals surface area (Å²) in [5, 5.41) is 2.47. The topological polar surface area (TPSA) is 120 Å². The van der Waals surface area contributed by atoms with E-state index in [0.717, 1.165) is 13.6 Å². The lowest BCUT2D eigenvalue weighted by Gasteiger charge is -2.07. The number of amides is 2. The van der Waals surface area contributed by atoms with Gasteiger partial charge in [0.2, 0.25) is 5.91 Å². The van der Waals surface area contributed by atoms with Gasteiger partial charge in [0, 0.05) is 25.7 Å². The highest BCUT2D eigenvalue weighted by molar-refractivity contribution is 5.92. The Bertz CT molecular complexity index is 842. The van der Waals surface area contributed by atoms with E-state index < -0.39 is 23.2 Å². The van der Waals surface area contributed by atoms with E-state index in [-0.39, 0.29) is 18.7 Å². The number of aromatic nitrogens is 3. The molecule has 9 nitrogen and oxygen atoms in total. The number of nitrogens with two attached hydrogens (primary N) is 1. The average molecular weight is 293 g/mol. The minimum absolute atomic E-state index is 0.00719. The Hall–Kier alpha value is -2.84. The number of carbonyl (C=O) groups excluding carboxylic acids is 2. The lowest BCUT2D eigenvalue weighted by atomic mass is 10.3. The SMILES string of the molecule is Cc1ccc(C(=O)NCCC(N)=O)n2c(=O)n(C)c(=O)n12. The van der Waals surface area contributed by atoms with E-state index in [9.17, 15) is 19.2 Å². The van der Waals surface area contributed by atoms with Gasteiger partial charge < -0.3 is 11.1 Å². The highest BCUT2D eigenvalue weighted by atomic mass is 16.2. The fraction of sp³-hybridized carbons (Fsp3) is 0.333. The molecule has 0 bridgehead atoms. The van der Waals surface area contributed by atoms with E-state index in [1.807, 2.05) is 0 Å². The predicted molar refractivity (Wildman–Crippen MR) is 73.2 cm³/mol. The normalized spacial score (nSPS) is 10.8. The van der Waals surface area contributed by atoms with E-state index in [2.05, 4.69) is 5.32 Å². The summed E-state index contributed by atoms with van der Waals surface area (Å²) in [6, 6.07) is 3.00. The molecule has 0 aliphatic carbocycles. The monoisotopic (exact) mass is 293 g/mol. The Morgan fingerprint density at radius 1 is 1.19 bits per heavy atom. The summed E-state index contributed by atoms with van der Waals surface area (Å²) in [5.41, 5.74) is 4.35. The smallest absolute Gasteiger partial charge is 0.352 e. The Kier molecular flexibility index (Phi) is 3.66. The number of primary amides is 1. The third-order valence-corrected chi connectivity index (χ3v) is 3.07. The molecule has 2 aromatic rings. The molecule has 2 amide bonds. The summed E-state index contributed by atoms with van der Waals surface area (Å²) in [6.45, 7) is 1.70. The van der Waals surface area contributed by atoms with Crippen LogP contribution in [0.15, 0.2) is 21.7 Å². The molecule has 0 saturated carbocycles. The van der Waals surface area contributed by atoms with Gasteiger partial charge in [-0.2, -0.15) is 9.03 Å². The van der Waals surface area contributed by atoms with E-state index >= 15 is 0 Å². The quantitative estimate of drug-likeness (QED) is 0.678. The summed E-state index contributed by atoms with van der Waals surface area (Å²) >= 11 is 0. The van der Waals surface area contributed by atoms with Crippen molar-refractivity contribution < 1.29 is 9.59 Å². The van der Waals surface area contributed by atoms with Crippen molar-refractivity contribution in [3.63, 3.8) is 0 Å². The van der Waals surface area contributed by atoms with Crippen LogP contribution in [0.2, 0.25) is 0 Å². The number of rotatable bonds is 4. The van der Waals surface area contributed by atoms with Crippen molar-refractivity contribution in [1.29, 1.82) is 0 Å². The molecule has 2 heterocycles. The molecule has 112 valence electrons.